The molecule has 0 heterocycles. The molecular weight excluding hydrogens is 317 g/mol. The zero-order valence-electron chi connectivity index (χ0n) is 10.8. The predicted octanol–water partition coefficient (Wildman–Crippen LogP) is 4.90. The molecular formula is C14H9Cl2NO4. The molecule has 0 bridgehead atoms. The van der Waals surface area contributed by atoms with E-state index in [-0.39, 0.29) is 33.0 Å². The SMILES string of the molecule is CC(=O)c1ccc([N+](=O)[O-])c(Oc2c(Cl)cccc2Cl)c1. The second kappa shape index (κ2) is 6.11. The minimum absolute atomic E-state index is 0.0947. The molecule has 108 valence electrons. The number of Topliss-reactive ketones (excluding diaryl/α,β-unsaturated/α-hetero) is 1. The third kappa shape index (κ3) is 3.32. The molecule has 0 aliphatic rings. The molecule has 0 aromatic heterocycles. The summed E-state index contributed by atoms with van der Waals surface area (Å²) in [5.74, 6) is -0.229. The third-order valence-corrected chi connectivity index (χ3v) is 3.29. The highest BCUT2D eigenvalue weighted by atomic mass is 35.5. The summed E-state index contributed by atoms with van der Waals surface area (Å²) in [5, 5.41) is 11.5. The summed E-state index contributed by atoms with van der Waals surface area (Å²) < 4.78 is 5.47. The first kappa shape index (κ1) is 15.3. The molecule has 0 fully saturated rings. The normalized spacial score (nSPS) is 10.2. The second-order valence-corrected chi connectivity index (χ2v) is 4.96. The van der Waals surface area contributed by atoms with Crippen molar-refractivity contribution in [3.8, 4) is 11.5 Å². The van der Waals surface area contributed by atoms with Crippen LogP contribution in [-0.2, 0) is 0 Å². The van der Waals surface area contributed by atoms with Crippen LogP contribution in [0.2, 0.25) is 10.0 Å². The van der Waals surface area contributed by atoms with Crippen LogP contribution in [0.3, 0.4) is 0 Å². The van der Waals surface area contributed by atoms with Crippen LogP contribution in [0.25, 0.3) is 0 Å². The minimum atomic E-state index is -0.607. The first-order valence-corrected chi connectivity index (χ1v) is 6.57. The van der Waals surface area contributed by atoms with E-state index < -0.39 is 4.92 Å². The number of benzene rings is 2. The Labute approximate surface area is 130 Å². The van der Waals surface area contributed by atoms with Gasteiger partial charge in [-0.25, -0.2) is 0 Å². The average Bonchev–Trinajstić information content (AvgIpc) is 2.42. The van der Waals surface area contributed by atoms with E-state index >= 15 is 0 Å². The van der Waals surface area contributed by atoms with Crippen LogP contribution in [0.15, 0.2) is 36.4 Å². The van der Waals surface area contributed by atoms with Crippen LogP contribution in [0, 0.1) is 10.1 Å². The number of ether oxygens (including phenoxy) is 1. The number of hydrogen-bond donors (Lipinski definition) is 0. The van der Waals surface area contributed by atoms with Gasteiger partial charge in [0, 0.05) is 11.6 Å². The van der Waals surface area contributed by atoms with Crippen LogP contribution in [0.4, 0.5) is 5.69 Å². The summed E-state index contributed by atoms with van der Waals surface area (Å²) in [6, 6.07) is 8.57. The maximum atomic E-state index is 11.4. The van der Waals surface area contributed by atoms with Crippen molar-refractivity contribution in [1.29, 1.82) is 0 Å². The van der Waals surface area contributed by atoms with E-state index in [9.17, 15) is 14.9 Å². The highest BCUT2D eigenvalue weighted by Crippen LogP contribution is 2.39. The lowest BCUT2D eigenvalue weighted by Crippen LogP contribution is -1.98. The van der Waals surface area contributed by atoms with Crippen molar-refractivity contribution in [2.24, 2.45) is 0 Å². The zero-order valence-corrected chi connectivity index (χ0v) is 12.3. The number of halogens is 2. The molecule has 0 aliphatic heterocycles. The summed E-state index contributed by atoms with van der Waals surface area (Å²) in [5.41, 5.74) is 0.00904. The lowest BCUT2D eigenvalue weighted by Gasteiger charge is -2.10. The van der Waals surface area contributed by atoms with E-state index in [1.807, 2.05) is 0 Å². The fraction of sp³-hybridized carbons (Fsp3) is 0.0714. The van der Waals surface area contributed by atoms with Crippen molar-refractivity contribution in [3.63, 3.8) is 0 Å². The first-order valence-electron chi connectivity index (χ1n) is 5.81. The van der Waals surface area contributed by atoms with E-state index in [1.165, 1.54) is 25.1 Å². The van der Waals surface area contributed by atoms with Gasteiger partial charge in [0.2, 0.25) is 5.75 Å². The molecule has 2 aromatic carbocycles. The smallest absolute Gasteiger partial charge is 0.311 e. The van der Waals surface area contributed by atoms with Crippen LogP contribution in [-0.4, -0.2) is 10.7 Å². The zero-order chi connectivity index (χ0) is 15.6. The van der Waals surface area contributed by atoms with Gasteiger partial charge in [-0.1, -0.05) is 29.3 Å². The summed E-state index contributed by atoms with van der Waals surface area (Å²) in [6.45, 7) is 1.35. The largest absolute Gasteiger partial charge is 0.447 e. The molecule has 21 heavy (non-hydrogen) atoms. The maximum absolute atomic E-state index is 11.4. The second-order valence-electron chi connectivity index (χ2n) is 4.15. The fourth-order valence-corrected chi connectivity index (χ4v) is 2.13. The number of nitrogens with zero attached hydrogens (tertiary/aromatic N) is 1. The van der Waals surface area contributed by atoms with Crippen LogP contribution >= 0.6 is 23.2 Å². The molecule has 0 unspecified atom stereocenters. The third-order valence-electron chi connectivity index (χ3n) is 2.69. The molecule has 0 aliphatic carbocycles. The predicted molar refractivity (Wildman–Crippen MR) is 79.6 cm³/mol. The Morgan fingerprint density at radius 1 is 1.19 bits per heavy atom. The number of rotatable bonds is 4. The van der Waals surface area contributed by atoms with Crippen molar-refractivity contribution in [2.75, 3.05) is 0 Å². The van der Waals surface area contributed by atoms with Gasteiger partial charge in [-0.15, -0.1) is 0 Å². The van der Waals surface area contributed by atoms with Crippen molar-refractivity contribution in [3.05, 3.63) is 62.1 Å². The van der Waals surface area contributed by atoms with Crippen LogP contribution in [0.5, 0.6) is 11.5 Å². The highest BCUT2D eigenvalue weighted by Gasteiger charge is 2.19. The average molecular weight is 326 g/mol. The molecule has 0 N–H and O–H groups in total. The van der Waals surface area contributed by atoms with Gasteiger partial charge in [0.15, 0.2) is 11.5 Å². The number of hydrogen-bond acceptors (Lipinski definition) is 4. The lowest BCUT2D eigenvalue weighted by molar-refractivity contribution is -0.385. The van der Waals surface area contributed by atoms with Gasteiger partial charge < -0.3 is 4.74 Å². The minimum Gasteiger partial charge on any atom is -0.447 e. The Hall–Kier alpha value is -2.11. The number of para-hydroxylation sites is 1. The molecule has 0 atom stereocenters. The molecule has 7 heteroatoms. The van der Waals surface area contributed by atoms with Crippen LogP contribution < -0.4 is 4.74 Å². The molecule has 0 amide bonds. The molecule has 0 saturated carbocycles. The Bertz CT molecular complexity index is 711. The quantitative estimate of drug-likeness (QED) is 0.455. The number of nitro groups is 1. The van der Waals surface area contributed by atoms with Gasteiger partial charge in [0.1, 0.15) is 0 Å². The molecule has 0 spiro atoms. The highest BCUT2D eigenvalue weighted by molar-refractivity contribution is 6.37. The Morgan fingerprint density at radius 2 is 1.81 bits per heavy atom. The standard InChI is InChI=1S/C14H9Cl2NO4/c1-8(18)9-5-6-12(17(19)20)13(7-9)21-14-10(15)3-2-4-11(14)16/h2-7H,1H3. The first-order chi connectivity index (χ1) is 9.90. The van der Waals surface area contributed by atoms with Gasteiger partial charge in [-0.05, 0) is 31.2 Å². The van der Waals surface area contributed by atoms with Gasteiger partial charge >= 0.3 is 5.69 Å². The number of ketones is 1. The molecule has 2 aromatic rings. The topological polar surface area (TPSA) is 69.4 Å². The van der Waals surface area contributed by atoms with E-state index in [2.05, 4.69) is 0 Å². The molecule has 5 nitrogen and oxygen atoms in total. The lowest BCUT2D eigenvalue weighted by atomic mass is 10.1. The Morgan fingerprint density at radius 3 is 2.33 bits per heavy atom. The van der Waals surface area contributed by atoms with Crippen molar-refractivity contribution in [1.82, 2.24) is 0 Å². The van der Waals surface area contributed by atoms with Gasteiger partial charge in [-0.2, -0.15) is 0 Å². The fourth-order valence-electron chi connectivity index (χ4n) is 1.66. The Kier molecular flexibility index (Phi) is 4.45. The van der Waals surface area contributed by atoms with E-state index in [4.69, 9.17) is 27.9 Å². The van der Waals surface area contributed by atoms with Crippen molar-refractivity contribution >= 4 is 34.7 Å². The molecule has 2 rings (SSSR count). The van der Waals surface area contributed by atoms with E-state index in [1.54, 1.807) is 18.2 Å². The molecule has 0 saturated heterocycles. The number of nitro benzene ring substituents is 1. The summed E-state index contributed by atoms with van der Waals surface area (Å²) in [7, 11) is 0. The van der Waals surface area contributed by atoms with Crippen LogP contribution in [0.1, 0.15) is 17.3 Å². The summed E-state index contributed by atoms with van der Waals surface area (Å²) in [6.07, 6.45) is 0. The van der Waals surface area contributed by atoms with E-state index in [0.29, 0.717) is 5.56 Å². The van der Waals surface area contributed by atoms with Gasteiger partial charge in [0.25, 0.3) is 0 Å². The summed E-state index contributed by atoms with van der Waals surface area (Å²) in [4.78, 5) is 21.8. The monoisotopic (exact) mass is 325 g/mol. The van der Waals surface area contributed by atoms with Gasteiger partial charge in [-0.3, -0.25) is 14.9 Å². The molecule has 0 radical (unpaired) electrons. The van der Waals surface area contributed by atoms with E-state index in [0.717, 1.165) is 0 Å². The van der Waals surface area contributed by atoms with Crippen molar-refractivity contribution < 1.29 is 14.5 Å². The number of carbonyl (C=O) groups is 1. The van der Waals surface area contributed by atoms with Crippen molar-refractivity contribution in [2.45, 2.75) is 6.92 Å². The van der Waals surface area contributed by atoms with Gasteiger partial charge in [0.05, 0.1) is 15.0 Å². The Balaban J connectivity index is 2.53. The maximum Gasteiger partial charge on any atom is 0.311 e. The number of carbonyl (C=O) groups excluding carboxylic acids is 1. The summed E-state index contributed by atoms with van der Waals surface area (Å²) >= 11 is 11.9.